The fourth-order valence-electron chi connectivity index (χ4n) is 2.17. The van der Waals surface area contributed by atoms with Crippen molar-refractivity contribution in [3.63, 3.8) is 0 Å². The minimum atomic E-state index is 0.392. The van der Waals surface area contributed by atoms with Crippen LogP contribution in [0.4, 0.5) is 5.69 Å². The van der Waals surface area contributed by atoms with Gasteiger partial charge in [0.25, 0.3) is 0 Å². The SMILES string of the molecule is COc1cccc(CN(C)c2ccc(Br)cc2C(N)=S)c1. The third kappa shape index (κ3) is 3.95. The molecule has 2 aromatic carbocycles. The minimum Gasteiger partial charge on any atom is -0.497 e. The number of nitrogens with two attached hydrogens (primary N) is 1. The summed E-state index contributed by atoms with van der Waals surface area (Å²) in [7, 11) is 3.69. The zero-order valence-electron chi connectivity index (χ0n) is 12.0. The summed E-state index contributed by atoms with van der Waals surface area (Å²) >= 11 is 8.59. The summed E-state index contributed by atoms with van der Waals surface area (Å²) in [6, 6.07) is 14.0. The highest BCUT2D eigenvalue weighted by atomic mass is 79.9. The molecule has 0 aliphatic rings. The Morgan fingerprint density at radius 3 is 2.71 bits per heavy atom. The van der Waals surface area contributed by atoms with Crippen molar-refractivity contribution < 1.29 is 4.74 Å². The number of nitrogens with zero attached hydrogens (tertiary/aromatic N) is 1. The molecule has 0 aromatic heterocycles. The third-order valence-electron chi connectivity index (χ3n) is 3.19. The highest BCUT2D eigenvalue weighted by Crippen LogP contribution is 2.25. The molecule has 3 nitrogen and oxygen atoms in total. The van der Waals surface area contributed by atoms with E-state index in [2.05, 4.69) is 26.9 Å². The summed E-state index contributed by atoms with van der Waals surface area (Å²) < 4.78 is 6.22. The molecule has 0 amide bonds. The van der Waals surface area contributed by atoms with E-state index in [1.165, 1.54) is 0 Å². The molecule has 110 valence electrons. The van der Waals surface area contributed by atoms with Crippen LogP contribution in [0.5, 0.6) is 5.75 Å². The smallest absolute Gasteiger partial charge is 0.119 e. The topological polar surface area (TPSA) is 38.5 Å². The standard InChI is InChI=1S/C16H17BrN2OS/c1-19(10-11-4-3-5-13(8-11)20-2)15-7-6-12(17)9-14(15)16(18)21/h3-9H,10H2,1-2H3,(H2,18,21). The second kappa shape index (κ2) is 6.91. The number of hydrogen-bond acceptors (Lipinski definition) is 3. The van der Waals surface area contributed by atoms with Gasteiger partial charge in [-0.25, -0.2) is 0 Å². The van der Waals surface area contributed by atoms with Crippen molar-refractivity contribution >= 4 is 38.8 Å². The van der Waals surface area contributed by atoms with Crippen molar-refractivity contribution in [1.29, 1.82) is 0 Å². The summed E-state index contributed by atoms with van der Waals surface area (Å²) in [5, 5.41) is 0. The molecule has 5 heteroatoms. The Morgan fingerprint density at radius 2 is 2.05 bits per heavy atom. The van der Waals surface area contributed by atoms with E-state index in [4.69, 9.17) is 22.7 Å². The van der Waals surface area contributed by atoms with Crippen molar-refractivity contribution in [2.75, 3.05) is 19.1 Å². The maximum Gasteiger partial charge on any atom is 0.119 e. The normalized spacial score (nSPS) is 10.2. The molecular formula is C16H17BrN2OS. The van der Waals surface area contributed by atoms with Gasteiger partial charge in [-0.05, 0) is 35.9 Å². The van der Waals surface area contributed by atoms with Gasteiger partial charge in [0.05, 0.1) is 7.11 Å². The lowest BCUT2D eigenvalue weighted by atomic mass is 10.1. The van der Waals surface area contributed by atoms with Gasteiger partial charge in [-0.1, -0.05) is 40.3 Å². The Labute approximate surface area is 138 Å². The monoisotopic (exact) mass is 364 g/mol. The van der Waals surface area contributed by atoms with Crippen molar-refractivity contribution in [3.8, 4) is 5.75 Å². The fraction of sp³-hybridized carbons (Fsp3) is 0.188. The van der Waals surface area contributed by atoms with Crippen molar-refractivity contribution in [2.45, 2.75) is 6.54 Å². The number of benzene rings is 2. The quantitative estimate of drug-likeness (QED) is 0.820. The molecule has 0 spiro atoms. The molecule has 2 aromatic rings. The van der Waals surface area contributed by atoms with Crippen LogP contribution in [0.3, 0.4) is 0 Å². The zero-order valence-corrected chi connectivity index (χ0v) is 14.4. The van der Waals surface area contributed by atoms with E-state index >= 15 is 0 Å². The van der Waals surface area contributed by atoms with Crippen LogP contribution < -0.4 is 15.4 Å². The van der Waals surface area contributed by atoms with Crippen molar-refractivity contribution in [2.24, 2.45) is 5.73 Å². The highest BCUT2D eigenvalue weighted by molar-refractivity contribution is 9.10. The Hall–Kier alpha value is -1.59. The summed E-state index contributed by atoms with van der Waals surface area (Å²) in [6.07, 6.45) is 0. The lowest BCUT2D eigenvalue weighted by Crippen LogP contribution is -2.21. The Bertz CT molecular complexity index is 660. The van der Waals surface area contributed by atoms with Crippen LogP contribution in [0.25, 0.3) is 0 Å². The molecule has 21 heavy (non-hydrogen) atoms. The molecule has 0 atom stereocenters. The lowest BCUT2D eigenvalue weighted by molar-refractivity contribution is 0.414. The Morgan fingerprint density at radius 1 is 1.29 bits per heavy atom. The Kier molecular flexibility index (Phi) is 5.20. The molecule has 0 unspecified atom stereocenters. The summed E-state index contributed by atoms with van der Waals surface area (Å²) in [6.45, 7) is 0.744. The molecule has 0 fully saturated rings. The average molecular weight is 365 g/mol. The lowest BCUT2D eigenvalue weighted by Gasteiger charge is -2.22. The van der Waals surface area contributed by atoms with Crippen LogP contribution in [-0.4, -0.2) is 19.1 Å². The number of halogens is 1. The summed E-state index contributed by atoms with van der Waals surface area (Å²) in [5.74, 6) is 0.853. The predicted molar refractivity (Wildman–Crippen MR) is 95.1 cm³/mol. The molecule has 0 aliphatic heterocycles. The van der Waals surface area contributed by atoms with Crippen LogP contribution in [-0.2, 0) is 6.54 Å². The third-order valence-corrected chi connectivity index (χ3v) is 3.90. The maximum atomic E-state index is 5.82. The van der Waals surface area contributed by atoms with E-state index in [1.54, 1.807) is 7.11 Å². The van der Waals surface area contributed by atoms with Gasteiger partial charge < -0.3 is 15.4 Å². The predicted octanol–water partition coefficient (Wildman–Crippen LogP) is 3.73. The first-order valence-electron chi connectivity index (χ1n) is 6.44. The molecular weight excluding hydrogens is 348 g/mol. The molecule has 0 heterocycles. The number of thiocarbonyl (C=S) groups is 1. The van der Waals surface area contributed by atoms with Gasteiger partial charge in [0.1, 0.15) is 10.7 Å². The van der Waals surface area contributed by atoms with Crippen LogP contribution in [0, 0.1) is 0 Å². The van der Waals surface area contributed by atoms with Crippen molar-refractivity contribution in [3.05, 3.63) is 58.1 Å². The second-order valence-electron chi connectivity index (χ2n) is 4.73. The van der Waals surface area contributed by atoms with Gasteiger partial charge in [0, 0.05) is 29.3 Å². The number of anilines is 1. The Balaban J connectivity index is 2.27. The molecule has 0 radical (unpaired) electrons. The van der Waals surface area contributed by atoms with Gasteiger partial charge in [-0.2, -0.15) is 0 Å². The first-order valence-corrected chi connectivity index (χ1v) is 7.65. The highest BCUT2D eigenvalue weighted by Gasteiger charge is 2.11. The zero-order chi connectivity index (χ0) is 15.4. The maximum absolute atomic E-state index is 5.82. The van der Waals surface area contributed by atoms with Crippen molar-refractivity contribution in [1.82, 2.24) is 0 Å². The molecule has 0 saturated heterocycles. The first kappa shape index (κ1) is 15.8. The van der Waals surface area contributed by atoms with E-state index in [-0.39, 0.29) is 0 Å². The van der Waals surface area contributed by atoms with Gasteiger partial charge in [-0.3, -0.25) is 0 Å². The van der Waals surface area contributed by atoms with Gasteiger partial charge >= 0.3 is 0 Å². The number of rotatable bonds is 5. The van der Waals surface area contributed by atoms with Crippen LogP contribution in [0.2, 0.25) is 0 Å². The molecule has 0 aliphatic carbocycles. The summed E-state index contributed by atoms with van der Waals surface area (Å²) in [4.78, 5) is 2.51. The van der Waals surface area contributed by atoms with E-state index in [9.17, 15) is 0 Å². The second-order valence-corrected chi connectivity index (χ2v) is 6.09. The molecule has 0 bridgehead atoms. The van der Waals surface area contributed by atoms with Crippen LogP contribution in [0.1, 0.15) is 11.1 Å². The van der Waals surface area contributed by atoms with Crippen LogP contribution >= 0.6 is 28.1 Å². The number of methoxy groups -OCH3 is 1. The van der Waals surface area contributed by atoms with E-state index in [0.29, 0.717) is 4.99 Å². The fourth-order valence-corrected chi connectivity index (χ4v) is 2.69. The summed E-state index contributed by atoms with van der Waals surface area (Å²) in [5.41, 5.74) is 8.86. The van der Waals surface area contributed by atoms with E-state index in [1.807, 2.05) is 43.4 Å². The average Bonchev–Trinajstić information content (AvgIpc) is 2.47. The van der Waals surface area contributed by atoms with Gasteiger partial charge in [0.2, 0.25) is 0 Å². The van der Waals surface area contributed by atoms with Crippen LogP contribution in [0.15, 0.2) is 46.9 Å². The number of ether oxygens (including phenoxy) is 1. The van der Waals surface area contributed by atoms with E-state index < -0.39 is 0 Å². The number of hydrogen-bond donors (Lipinski definition) is 1. The van der Waals surface area contributed by atoms with Gasteiger partial charge in [-0.15, -0.1) is 0 Å². The van der Waals surface area contributed by atoms with Gasteiger partial charge in [0.15, 0.2) is 0 Å². The molecule has 2 rings (SSSR count). The van der Waals surface area contributed by atoms with E-state index in [0.717, 1.165) is 33.6 Å². The molecule has 2 N–H and O–H groups in total. The largest absolute Gasteiger partial charge is 0.497 e. The first-order chi connectivity index (χ1) is 10.0. The molecule has 0 saturated carbocycles. The minimum absolute atomic E-state index is 0.392.